The van der Waals surface area contributed by atoms with Crippen molar-refractivity contribution in [3.8, 4) is 0 Å². The van der Waals surface area contributed by atoms with Gasteiger partial charge in [-0.15, -0.1) is 0 Å². The fourth-order valence-electron chi connectivity index (χ4n) is 1.01. The van der Waals surface area contributed by atoms with Crippen LogP contribution < -0.4 is 0 Å². The summed E-state index contributed by atoms with van der Waals surface area (Å²) in [6.07, 6.45) is 0.355. The molecule has 0 spiro atoms. The monoisotopic (exact) mass is 248 g/mol. The van der Waals surface area contributed by atoms with Crippen molar-refractivity contribution in [1.82, 2.24) is 0 Å². The molecule has 0 radical (unpaired) electrons. The van der Waals surface area contributed by atoms with E-state index in [4.69, 9.17) is 16.7 Å². The third-order valence-electron chi connectivity index (χ3n) is 1.52. The van der Waals surface area contributed by atoms with Crippen molar-refractivity contribution in [2.24, 2.45) is 0 Å². The summed E-state index contributed by atoms with van der Waals surface area (Å²) in [4.78, 5) is 0. The Hall–Kier alpha value is -0.0500. The van der Waals surface area contributed by atoms with Crippen molar-refractivity contribution in [1.29, 1.82) is 0 Å². The van der Waals surface area contributed by atoms with E-state index in [2.05, 4.69) is 15.9 Å². The molecule has 0 aliphatic rings. The highest BCUT2D eigenvalue weighted by Gasteiger charge is 2.01. The molecule has 0 saturated heterocycles. The van der Waals surface area contributed by atoms with Crippen LogP contribution in [0.4, 0.5) is 0 Å². The van der Waals surface area contributed by atoms with Gasteiger partial charge in [0.15, 0.2) is 0 Å². The number of rotatable bonds is 2. The molecule has 0 saturated carbocycles. The standard InChI is InChI=1S/C9H10BrClO/c1-6(12)4-7-2-3-9(11)8(10)5-7/h2-3,5-6,12H,4H2,1H3. The molecule has 1 aromatic rings. The molecule has 0 aromatic heterocycles. The lowest BCUT2D eigenvalue weighted by atomic mass is 10.1. The number of aliphatic hydroxyl groups is 1. The van der Waals surface area contributed by atoms with Crippen molar-refractivity contribution in [2.75, 3.05) is 0 Å². The molecule has 1 nitrogen and oxygen atoms in total. The molecule has 0 bridgehead atoms. The zero-order valence-corrected chi connectivity index (χ0v) is 9.06. The average Bonchev–Trinajstić information content (AvgIpc) is 1.96. The normalized spacial score (nSPS) is 13.0. The quantitative estimate of drug-likeness (QED) is 0.854. The lowest BCUT2D eigenvalue weighted by molar-refractivity contribution is 0.195. The van der Waals surface area contributed by atoms with E-state index in [0.29, 0.717) is 11.4 Å². The predicted octanol–water partition coefficient (Wildman–Crippen LogP) is 3.03. The molecule has 0 fully saturated rings. The Labute approximate surface area is 85.5 Å². The first-order valence-corrected chi connectivity index (χ1v) is 4.88. The van der Waals surface area contributed by atoms with Crippen molar-refractivity contribution in [3.63, 3.8) is 0 Å². The molecule has 0 aliphatic heterocycles. The van der Waals surface area contributed by atoms with E-state index >= 15 is 0 Å². The second kappa shape index (κ2) is 4.26. The van der Waals surface area contributed by atoms with Crippen LogP contribution in [-0.2, 0) is 6.42 Å². The molecule has 1 unspecified atom stereocenters. The molecule has 0 amide bonds. The van der Waals surface area contributed by atoms with E-state index < -0.39 is 0 Å². The average molecular weight is 250 g/mol. The van der Waals surface area contributed by atoms with Gasteiger partial charge in [0.1, 0.15) is 0 Å². The van der Waals surface area contributed by atoms with E-state index in [9.17, 15) is 0 Å². The maximum Gasteiger partial charge on any atom is 0.0552 e. The van der Waals surface area contributed by atoms with Gasteiger partial charge in [0, 0.05) is 4.47 Å². The van der Waals surface area contributed by atoms with E-state index in [0.717, 1.165) is 10.0 Å². The highest BCUT2D eigenvalue weighted by molar-refractivity contribution is 9.10. The molecule has 1 atom stereocenters. The smallest absolute Gasteiger partial charge is 0.0552 e. The fourth-order valence-corrected chi connectivity index (χ4v) is 1.55. The Balaban J connectivity index is 2.82. The minimum atomic E-state index is -0.307. The van der Waals surface area contributed by atoms with E-state index in [-0.39, 0.29) is 6.10 Å². The molecule has 1 aromatic carbocycles. The number of aliphatic hydroxyl groups excluding tert-OH is 1. The number of hydrogen-bond donors (Lipinski definition) is 1. The van der Waals surface area contributed by atoms with Gasteiger partial charge in [-0.1, -0.05) is 17.7 Å². The van der Waals surface area contributed by atoms with Crippen molar-refractivity contribution in [2.45, 2.75) is 19.4 Å². The Bertz CT molecular complexity index is 273. The lowest BCUT2D eigenvalue weighted by Crippen LogP contribution is -2.03. The van der Waals surface area contributed by atoms with Crippen molar-refractivity contribution >= 4 is 27.5 Å². The van der Waals surface area contributed by atoms with Crippen LogP contribution in [0.25, 0.3) is 0 Å². The van der Waals surface area contributed by atoms with Crippen LogP contribution in [-0.4, -0.2) is 11.2 Å². The zero-order chi connectivity index (χ0) is 9.14. The van der Waals surface area contributed by atoms with Crippen LogP contribution >= 0.6 is 27.5 Å². The Morgan fingerprint density at radius 3 is 2.75 bits per heavy atom. The molecule has 0 heterocycles. The van der Waals surface area contributed by atoms with Gasteiger partial charge in [-0.2, -0.15) is 0 Å². The molecular weight excluding hydrogens is 239 g/mol. The minimum absolute atomic E-state index is 0.307. The fraction of sp³-hybridized carbons (Fsp3) is 0.333. The second-order valence-corrected chi connectivity index (χ2v) is 4.06. The van der Waals surface area contributed by atoms with Gasteiger partial charge in [-0.3, -0.25) is 0 Å². The van der Waals surface area contributed by atoms with E-state index in [1.807, 2.05) is 18.2 Å². The molecule has 1 rings (SSSR count). The largest absolute Gasteiger partial charge is 0.393 e. The van der Waals surface area contributed by atoms with Gasteiger partial charge in [0.05, 0.1) is 11.1 Å². The van der Waals surface area contributed by atoms with Gasteiger partial charge < -0.3 is 5.11 Å². The van der Waals surface area contributed by atoms with Gasteiger partial charge >= 0.3 is 0 Å². The summed E-state index contributed by atoms with van der Waals surface area (Å²) in [7, 11) is 0. The summed E-state index contributed by atoms with van der Waals surface area (Å²) in [5.74, 6) is 0. The molecule has 66 valence electrons. The van der Waals surface area contributed by atoms with Crippen LogP contribution in [0, 0.1) is 0 Å². The zero-order valence-electron chi connectivity index (χ0n) is 6.72. The molecule has 3 heteroatoms. The van der Waals surface area contributed by atoms with Crippen LogP contribution in [0.2, 0.25) is 5.02 Å². The lowest BCUT2D eigenvalue weighted by Gasteiger charge is -2.05. The summed E-state index contributed by atoms with van der Waals surface area (Å²) in [5.41, 5.74) is 1.08. The first-order valence-electron chi connectivity index (χ1n) is 3.71. The Morgan fingerprint density at radius 2 is 2.25 bits per heavy atom. The molecule has 1 N–H and O–H groups in total. The van der Waals surface area contributed by atoms with E-state index in [1.54, 1.807) is 6.92 Å². The summed E-state index contributed by atoms with van der Waals surface area (Å²) in [6.45, 7) is 1.77. The molecule has 0 aliphatic carbocycles. The van der Waals surface area contributed by atoms with Gasteiger partial charge in [0.25, 0.3) is 0 Å². The third kappa shape index (κ3) is 2.77. The van der Waals surface area contributed by atoms with Crippen molar-refractivity contribution < 1.29 is 5.11 Å². The predicted molar refractivity (Wildman–Crippen MR) is 54.5 cm³/mol. The summed E-state index contributed by atoms with van der Waals surface area (Å²) in [6, 6.07) is 5.66. The SMILES string of the molecule is CC(O)Cc1ccc(Cl)c(Br)c1. The first kappa shape index (κ1) is 10.0. The van der Waals surface area contributed by atoms with Crippen LogP contribution in [0.1, 0.15) is 12.5 Å². The first-order chi connectivity index (χ1) is 5.59. The number of halogens is 2. The second-order valence-electron chi connectivity index (χ2n) is 2.80. The van der Waals surface area contributed by atoms with E-state index in [1.165, 1.54) is 0 Å². The van der Waals surface area contributed by atoms with Crippen LogP contribution in [0.15, 0.2) is 22.7 Å². The molecule has 12 heavy (non-hydrogen) atoms. The van der Waals surface area contributed by atoms with Crippen LogP contribution in [0.3, 0.4) is 0 Å². The van der Waals surface area contributed by atoms with Crippen molar-refractivity contribution in [3.05, 3.63) is 33.3 Å². The molecular formula is C9H10BrClO. The Kier molecular flexibility index (Phi) is 3.56. The summed E-state index contributed by atoms with van der Waals surface area (Å²) >= 11 is 9.13. The van der Waals surface area contributed by atoms with Crippen LogP contribution in [0.5, 0.6) is 0 Å². The summed E-state index contributed by atoms with van der Waals surface area (Å²) < 4.78 is 0.877. The minimum Gasteiger partial charge on any atom is -0.393 e. The number of hydrogen-bond acceptors (Lipinski definition) is 1. The van der Waals surface area contributed by atoms with Gasteiger partial charge in [-0.05, 0) is 47.0 Å². The van der Waals surface area contributed by atoms with Gasteiger partial charge in [0.2, 0.25) is 0 Å². The third-order valence-corrected chi connectivity index (χ3v) is 2.73. The highest BCUT2D eigenvalue weighted by Crippen LogP contribution is 2.23. The topological polar surface area (TPSA) is 20.2 Å². The highest BCUT2D eigenvalue weighted by atomic mass is 79.9. The maximum atomic E-state index is 9.12. The maximum absolute atomic E-state index is 9.12. The number of benzene rings is 1. The Morgan fingerprint density at radius 1 is 1.58 bits per heavy atom. The summed E-state index contributed by atoms with van der Waals surface area (Å²) in [5, 5.41) is 9.82. The van der Waals surface area contributed by atoms with Gasteiger partial charge in [-0.25, -0.2) is 0 Å².